The maximum Gasteiger partial charge on any atom is 0.233 e. The molecule has 15 heavy (non-hydrogen) atoms. The number of sulfonamides is 1. The van der Waals surface area contributed by atoms with E-state index >= 15 is 0 Å². The third-order valence-corrected chi connectivity index (χ3v) is 4.04. The average Bonchev–Trinajstić information content (AvgIpc) is 2.17. The van der Waals surface area contributed by atoms with Crippen LogP contribution in [0.3, 0.4) is 0 Å². The van der Waals surface area contributed by atoms with Gasteiger partial charge in [-0.2, -0.15) is 0 Å². The molecule has 5 nitrogen and oxygen atoms in total. The molecule has 0 aromatic rings. The van der Waals surface area contributed by atoms with E-state index in [1.807, 2.05) is 0 Å². The lowest BCUT2D eigenvalue weighted by molar-refractivity contribution is 0.586. The second-order valence-electron chi connectivity index (χ2n) is 2.85. The summed E-state index contributed by atoms with van der Waals surface area (Å²) in [7, 11) is -6.57. The minimum atomic E-state index is -3.40. The Kier molecular flexibility index (Phi) is 5.77. The molecule has 0 rings (SSSR count). The number of nitrogens with one attached hydrogen (secondary N) is 1. The summed E-state index contributed by atoms with van der Waals surface area (Å²) in [6.45, 7) is 6.50. The van der Waals surface area contributed by atoms with Gasteiger partial charge in [-0.1, -0.05) is 13.2 Å². The van der Waals surface area contributed by atoms with Crippen LogP contribution in [-0.2, 0) is 19.9 Å². The Morgan fingerprint density at radius 3 is 2.07 bits per heavy atom. The lowest BCUT2D eigenvalue weighted by Crippen LogP contribution is -2.22. The van der Waals surface area contributed by atoms with Crippen molar-refractivity contribution in [3.8, 4) is 0 Å². The Balaban J connectivity index is 3.75. The molecular weight excluding hydrogens is 238 g/mol. The molecule has 0 aliphatic heterocycles. The Bertz CT molecular complexity index is 368. The zero-order chi connectivity index (χ0) is 11.9. The van der Waals surface area contributed by atoms with Gasteiger partial charge in [0.2, 0.25) is 10.0 Å². The second kappa shape index (κ2) is 6.04. The zero-order valence-electron chi connectivity index (χ0n) is 8.35. The third kappa shape index (κ3) is 7.29. The van der Waals surface area contributed by atoms with Crippen molar-refractivity contribution in [3.63, 3.8) is 0 Å². The highest BCUT2D eigenvalue weighted by atomic mass is 32.2. The summed E-state index contributed by atoms with van der Waals surface area (Å²) < 4.78 is 45.8. The molecule has 1 N–H and O–H groups in total. The Labute approximate surface area is 90.9 Å². The van der Waals surface area contributed by atoms with Crippen molar-refractivity contribution in [2.45, 2.75) is 12.8 Å². The van der Waals surface area contributed by atoms with Gasteiger partial charge in [0.05, 0.1) is 5.75 Å². The molecule has 0 fully saturated rings. The van der Waals surface area contributed by atoms with E-state index in [0.29, 0.717) is 12.8 Å². The van der Waals surface area contributed by atoms with Crippen LogP contribution in [0.2, 0.25) is 0 Å². The monoisotopic (exact) mass is 253 g/mol. The van der Waals surface area contributed by atoms with E-state index in [9.17, 15) is 16.8 Å². The van der Waals surface area contributed by atoms with Crippen LogP contribution in [0.1, 0.15) is 12.8 Å². The minimum Gasteiger partial charge on any atom is -0.224 e. The van der Waals surface area contributed by atoms with Crippen LogP contribution in [0.4, 0.5) is 0 Å². The third-order valence-electron chi connectivity index (χ3n) is 1.63. The van der Waals surface area contributed by atoms with Crippen molar-refractivity contribution in [1.82, 2.24) is 4.72 Å². The molecule has 0 bridgehead atoms. The van der Waals surface area contributed by atoms with Crippen LogP contribution in [0, 0.1) is 0 Å². The first kappa shape index (κ1) is 14.3. The van der Waals surface area contributed by atoms with Crippen LogP contribution < -0.4 is 4.72 Å². The molecule has 0 radical (unpaired) electrons. The maximum absolute atomic E-state index is 10.9. The minimum absolute atomic E-state index is 0.00762. The summed E-state index contributed by atoms with van der Waals surface area (Å²) in [5, 5.41) is 1.72. The highest BCUT2D eigenvalue weighted by Crippen LogP contribution is 1.97. The van der Waals surface area contributed by atoms with Gasteiger partial charge in [0.25, 0.3) is 0 Å². The fraction of sp³-hybridized carbons (Fsp3) is 0.500. The lowest BCUT2D eigenvalue weighted by Gasteiger charge is -2.01. The van der Waals surface area contributed by atoms with Gasteiger partial charge in [-0.25, -0.2) is 21.6 Å². The van der Waals surface area contributed by atoms with E-state index in [0.717, 1.165) is 10.8 Å². The molecule has 0 heterocycles. The van der Waals surface area contributed by atoms with Crippen molar-refractivity contribution in [2.75, 3.05) is 12.3 Å². The molecule has 0 amide bonds. The molecule has 0 aliphatic rings. The molecule has 0 aromatic carbocycles. The van der Waals surface area contributed by atoms with Crippen molar-refractivity contribution < 1.29 is 16.8 Å². The van der Waals surface area contributed by atoms with Crippen LogP contribution in [0.25, 0.3) is 0 Å². The van der Waals surface area contributed by atoms with E-state index in [1.165, 1.54) is 0 Å². The van der Waals surface area contributed by atoms with E-state index < -0.39 is 19.9 Å². The van der Waals surface area contributed by atoms with Crippen molar-refractivity contribution in [2.24, 2.45) is 0 Å². The summed E-state index contributed by atoms with van der Waals surface area (Å²) >= 11 is 0. The SMILES string of the molecule is C=CS(=O)(=O)CCCCNS(=O)(=O)C=C. The average molecular weight is 253 g/mol. The van der Waals surface area contributed by atoms with Crippen molar-refractivity contribution in [1.29, 1.82) is 0 Å². The molecule has 88 valence electrons. The number of rotatable bonds is 8. The van der Waals surface area contributed by atoms with Crippen LogP contribution >= 0.6 is 0 Å². The fourth-order valence-corrected chi connectivity index (χ4v) is 2.10. The first-order chi connectivity index (χ1) is 6.83. The van der Waals surface area contributed by atoms with Gasteiger partial charge >= 0.3 is 0 Å². The molecule has 7 heteroatoms. The van der Waals surface area contributed by atoms with Gasteiger partial charge in [0.1, 0.15) is 0 Å². The van der Waals surface area contributed by atoms with Crippen LogP contribution in [0.15, 0.2) is 24.0 Å². The van der Waals surface area contributed by atoms with Gasteiger partial charge in [0, 0.05) is 17.4 Å². The summed E-state index contributed by atoms with van der Waals surface area (Å²) in [6, 6.07) is 0. The molecular formula is C8H15NO4S2. The van der Waals surface area contributed by atoms with E-state index in [-0.39, 0.29) is 12.3 Å². The molecule has 0 spiro atoms. The second-order valence-corrected chi connectivity index (χ2v) is 6.63. The van der Waals surface area contributed by atoms with Gasteiger partial charge in [0.15, 0.2) is 9.84 Å². The quantitative estimate of drug-likeness (QED) is 0.634. The Morgan fingerprint density at radius 1 is 1.00 bits per heavy atom. The van der Waals surface area contributed by atoms with E-state index in [2.05, 4.69) is 17.9 Å². The first-order valence-electron chi connectivity index (χ1n) is 4.30. The fourth-order valence-electron chi connectivity index (χ4n) is 0.785. The van der Waals surface area contributed by atoms with E-state index in [1.54, 1.807) is 0 Å². The van der Waals surface area contributed by atoms with Gasteiger partial charge < -0.3 is 0 Å². The van der Waals surface area contributed by atoms with Gasteiger partial charge in [-0.15, -0.1) is 0 Å². The highest BCUT2D eigenvalue weighted by Gasteiger charge is 2.05. The summed E-state index contributed by atoms with van der Waals surface area (Å²) in [4.78, 5) is 0. The normalized spacial score (nSPS) is 12.3. The number of hydrogen-bond donors (Lipinski definition) is 1. The van der Waals surface area contributed by atoms with Crippen LogP contribution in [0.5, 0.6) is 0 Å². The number of sulfone groups is 1. The smallest absolute Gasteiger partial charge is 0.224 e. The van der Waals surface area contributed by atoms with Crippen molar-refractivity contribution >= 4 is 19.9 Å². The number of unbranched alkanes of at least 4 members (excludes halogenated alkanes) is 1. The molecule has 0 aromatic heterocycles. The molecule has 0 saturated carbocycles. The van der Waals surface area contributed by atoms with Gasteiger partial charge in [-0.3, -0.25) is 0 Å². The highest BCUT2D eigenvalue weighted by molar-refractivity contribution is 7.94. The molecule has 0 atom stereocenters. The Morgan fingerprint density at radius 2 is 1.60 bits per heavy atom. The largest absolute Gasteiger partial charge is 0.233 e. The van der Waals surface area contributed by atoms with Crippen LogP contribution in [-0.4, -0.2) is 29.1 Å². The summed E-state index contributed by atoms with van der Waals surface area (Å²) in [6.07, 6.45) is 0.855. The van der Waals surface area contributed by atoms with Crippen molar-refractivity contribution in [3.05, 3.63) is 24.0 Å². The Hall–Kier alpha value is -0.660. The van der Waals surface area contributed by atoms with E-state index in [4.69, 9.17) is 0 Å². The predicted molar refractivity (Wildman–Crippen MR) is 60.3 cm³/mol. The number of hydrogen-bond acceptors (Lipinski definition) is 4. The topological polar surface area (TPSA) is 80.3 Å². The first-order valence-corrected chi connectivity index (χ1v) is 7.56. The zero-order valence-corrected chi connectivity index (χ0v) is 9.98. The lowest BCUT2D eigenvalue weighted by atomic mass is 10.3. The molecule has 0 unspecified atom stereocenters. The summed E-state index contributed by atoms with van der Waals surface area (Å²) in [5.41, 5.74) is 0. The standard InChI is InChI=1S/C8H15NO4S2/c1-3-14(10,11)8-6-5-7-9-15(12,13)4-2/h3-4,9H,1-2,5-8H2. The molecule has 0 saturated heterocycles. The van der Waals surface area contributed by atoms with Gasteiger partial charge in [-0.05, 0) is 12.8 Å². The maximum atomic E-state index is 10.9. The summed E-state index contributed by atoms with van der Waals surface area (Å²) in [5.74, 6) is -0.00762. The predicted octanol–water partition coefficient (Wildman–Crippen LogP) is 0.388. The molecule has 0 aliphatic carbocycles.